The third kappa shape index (κ3) is 3.61. The van der Waals surface area contributed by atoms with E-state index in [4.69, 9.17) is 0 Å². The van der Waals surface area contributed by atoms with Crippen LogP contribution in [-0.4, -0.2) is 4.98 Å². The average molecular weight is 362 g/mol. The average Bonchev–Trinajstić information content (AvgIpc) is 2.40. The summed E-state index contributed by atoms with van der Waals surface area (Å²) in [5.41, 5.74) is 0.364. The molecule has 2 aromatic rings. The summed E-state index contributed by atoms with van der Waals surface area (Å²) in [6.45, 7) is 1.85. The fraction of sp³-hybridized carbons (Fsp3) is 0.267. The second-order valence-electron chi connectivity index (χ2n) is 4.65. The van der Waals surface area contributed by atoms with Gasteiger partial charge in [-0.05, 0) is 24.6 Å². The van der Waals surface area contributed by atoms with Crippen molar-refractivity contribution in [3.8, 4) is 0 Å². The van der Waals surface area contributed by atoms with Gasteiger partial charge >= 0.3 is 6.18 Å². The largest absolute Gasteiger partial charge is 0.419 e. The molecule has 1 unspecified atom stereocenters. The van der Waals surface area contributed by atoms with Crippen molar-refractivity contribution in [3.05, 3.63) is 64.7 Å². The quantitative estimate of drug-likeness (QED) is 0.539. The van der Waals surface area contributed by atoms with Crippen molar-refractivity contribution in [3.63, 3.8) is 0 Å². The van der Waals surface area contributed by atoms with E-state index in [1.807, 2.05) is 13.0 Å². The van der Waals surface area contributed by atoms with Gasteiger partial charge in [0.2, 0.25) is 0 Å². The molecule has 0 aliphatic carbocycles. The van der Waals surface area contributed by atoms with Crippen molar-refractivity contribution in [2.75, 3.05) is 0 Å². The lowest BCUT2D eigenvalue weighted by atomic mass is 10.0. The second-order valence-corrected chi connectivity index (χ2v) is 5.75. The topological polar surface area (TPSA) is 12.9 Å². The van der Waals surface area contributed by atoms with Crippen LogP contribution in [0.25, 0.3) is 0 Å². The normalized spacial score (nSPS) is 13.2. The summed E-state index contributed by atoms with van der Waals surface area (Å²) in [7, 11) is 0. The lowest BCUT2D eigenvalue weighted by Crippen LogP contribution is -2.11. The van der Waals surface area contributed by atoms with Crippen LogP contribution >= 0.6 is 15.9 Å². The Morgan fingerprint density at radius 1 is 1.19 bits per heavy atom. The fourth-order valence-corrected chi connectivity index (χ4v) is 2.68. The molecule has 1 atom stereocenters. The van der Waals surface area contributed by atoms with Crippen molar-refractivity contribution in [1.82, 2.24) is 4.98 Å². The number of nitrogens with zero attached hydrogens (tertiary/aromatic N) is 1. The van der Waals surface area contributed by atoms with E-state index in [0.717, 1.165) is 17.3 Å². The summed E-state index contributed by atoms with van der Waals surface area (Å²) in [6, 6.07) is 6.92. The molecule has 21 heavy (non-hydrogen) atoms. The van der Waals surface area contributed by atoms with Crippen molar-refractivity contribution in [1.29, 1.82) is 0 Å². The molecule has 0 N–H and O–H groups in total. The fourth-order valence-electron chi connectivity index (χ4n) is 2.02. The highest BCUT2D eigenvalue weighted by Crippen LogP contribution is 2.36. The maximum atomic E-state index is 14.1. The van der Waals surface area contributed by atoms with Gasteiger partial charge in [0.1, 0.15) is 5.82 Å². The summed E-state index contributed by atoms with van der Waals surface area (Å²) in [4.78, 5) is 3.59. The van der Waals surface area contributed by atoms with Crippen LogP contribution in [0, 0.1) is 12.7 Å². The van der Waals surface area contributed by atoms with Crippen LogP contribution in [0.15, 0.2) is 36.5 Å². The standard InChI is InChI=1S/C15H12BrF4N/c1-9-4-3-7-21-13(9)8-12(16)10-5-2-6-11(14(10)17)15(18,19)20/h2-7,12H,8H2,1H3. The zero-order chi connectivity index (χ0) is 15.6. The molecule has 1 aromatic carbocycles. The predicted octanol–water partition coefficient (Wildman–Crippen LogP) is 5.23. The molecule has 2 rings (SSSR count). The predicted molar refractivity (Wildman–Crippen MR) is 75.7 cm³/mol. The third-order valence-electron chi connectivity index (χ3n) is 3.16. The van der Waals surface area contributed by atoms with E-state index in [1.54, 1.807) is 12.3 Å². The minimum absolute atomic E-state index is 0.0186. The summed E-state index contributed by atoms with van der Waals surface area (Å²) < 4.78 is 52.2. The van der Waals surface area contributed by atoms with E-state index in [9.17, 15) is 17.6 Å². The lowest BCUT2D eigenvalue weighted by Gasteiger charge is -2.15. The molecular weight excluding hydrogens is 350 g/mol. The van der Waals surface area contributed by atoms with Crippen molar-refractivity contribution in [2.24, 2.45) is 0 Å². The number of rotatable bonds is 3. The van der Waals surface area contributed by atoms with Gasteiger partial charge in [-0.3, -0.25) is 4.98 Å². The smallest absolute Gasteiger partial charge is 0.261 e. The highest BCUT2D eigenvalue weighted by Gasteiger charge is 2.35. The van der Waals surface area contributed by atoms with Gasteiger partial charge in [0.25, 0.3) is 0 Å². The van der Waals surface area contributed by atoms with Gasteiger partial charge in [-0.15, -0.1) is 0 Å². The Hall–Kier alpha value is -1.43. The zero-order valence-electron chi connectivity index (χ0n) is 11.1. The Kier molecular flexibility index (Phi) is 4.66. The highest BCUT2D eigenvalue weighted by atomic mass is 79.9. The summed E-state index contributed by atoms with van der Waals surface area (Å²) in [6.07, 6.45) is -2.79. The number of aromatic nitrogens is 1. The first kappa shape index (κ1) is 15.9. The van der Waals surface area contributed by atoms with Crippen molar-refractivity contribution in [2.45, 2.75) is 24.3 Å². The lowest BCUT2D eigenvalue weighted by molar-refractivity contribution is -0.140. The Balaban J connectivity index is 2.32. The molecule has 0 bridgehead atoms. The molecule has 0 spiro atoms. The van der Waals surface area contributed by atoms with Crippen molar-refractivity contribution >= 4 is 15.9 Å². The maximum Gasteiger partial charge on any atom is 0.419 e. The minimum atomic E-state index is -4.70. The number of pyridine rings is 1. The van der Waals surface area contributed by atoms with Crippen LogP contribution in [0.2, 0.25) is 0 Å². The molecule has 0 radical (unpaired) electrons. The second kappa shape index (κ2) is 6.13. The van der Waals surface area contributed by atoms with E-state index >= 15 is 0 Å². The van der Waals surface area contributed by atoms with Gasteiger partial charge in [0.05, 0.1) is 5.56 Å². The van der Waals surface area contributed by atoms with E-state index in [0.29, 0.717) is 6.42 Å². The molecule has 1 heterocycles. The van der Waals surface area contributed by atoms with E-state index in [2.05, 4.69) is 20.9 Å². The van der Waals surface area contributed by atoms with E-state index in [1.165, 1.54) is 12.1 Å². The molecule has 1 aromatic heterocycles. The van der Waals surface area contributed by atoms with Crippen LogP contribution < -0.4 is 0 Å². The maximum absolute atomic E-state index is 14.1. The Morgan fingerprint density at radius 3 is 2.52 bits per heavy atom. The van der Waals surface area contributed by atoms with E-state index in [-0.39, 0.29) is 5.56 Å². The number of hydrogen-bond donors (Lipinski definition) is 0. The number of halogens is 5. The van der Waals surface area contributed by atoms with E-state index < -0.39 is 22.4 Å². The van der Waals surface area contributed by atoms with Gasteiger partial charge in [0.15, 0.2) is 0 Å². The molecule has 6 heteroatoms. The van der Waals surface area contributed by atoms with Crippen LogP contribution in [0.1, 0.15) is 27.2 Å². The Morgan fingerprint density at radius 2 is 1.90 bits per heavy atom. The molecule has 0 aliphatic rings. The zero-order valence-corrected chi connectivity index (χ0v) is 12.7. The monoisotopic (exact) mass is 361 g/mol. The van der Waals surface area contributed by atoms with Gasteiger partial charge in [-0.25, -0.2) is 4.39 Å². The Bertz CT molecular complexity index is 640. The highest BCUT2D eigenvalue weighted by molar-refractivity contribution is 9.09. The SMILES string of the molecule is Cc1cccnc1CC(Br)c1cccc(C(F)(F)F)c1F. The summed E-state index contributed by atoms with van der Waals surface area (Å²) >= 11 is 3.26. The van der Waals surface area contributed by atoms with Gasteiger partial charge in [0, 0.05) is 28.7 Å². The molecule has 0 fully saturated rings. The molecule has 0 aliphatic heterocycles. The molecule has 0 saturated heterocycles. The van der Waals surface area contributed by atoms with Gasteiger partial charge in [-0.2, -0.15) is 13.2 Å². The summed E-state index contributed by atoms with van der Waals surface area (Å²) in [5.74, 6) is -1.24. The van der Waals surface area contributed by atoms with Crippen LogP contribution in [0.5, 0.6) is 0 Å². The van der Waals surface area contributed by atoms with Crippen LogP contribution in [0.3, 0.4) is 0 Å². The number of alkyl halides is 4. The van der Waals surface area contributed by atoms with Gasteiger partial charge in [-0.1, -0.05) is 34.1 Å². The molecule has 112 valence electrons. The molecule has 0 amide bonds. The molecule has 0 saturated carbocycles. The first-order valence-corrected chi connectivity index (χ1v) is 7.12. The molecule has 1 nitrogen and oxygen atoms in total. The van der Waals surface area contributed by atoms with Crippen molar-refractivity contribution < 1.29 is 17.6 Å². The summed E-state index contributed by atoms with van der Waals surface area (Å²) in [5, 5.41) is 0. The van der Waals surface area contributed by atoms with Gasteiger partial charge < -0.3 is 0 Å². The Labute approximate surface area is 128 Å². The first-order valence-electron chi connectivity index (χ1n) is 6.21. The number of aryl methyl sites for hydroxylation is 1. The minimum Gasteiger partial charge on any atom is -0.261 e. The third-order valence-corrected chi connectivity index (χ3v) is 3.98. The molecular formula is C15H12BrF4N. The first-order chi connectivity index (χ1) is 9.80. The van der Waals surface area contributed by atoms with Crippen LogP contribution in [-0.2, 0) is 12.6 Å². The number of hydrogen-bond acceptors (Lipinski definition) is 1. The number of benzene rings is 1. The van der Waals surface area contributed by atoms with Crippen LogP contribution in [0.4, 0.5) is 17.6 Å².